The van der Waals surface area contributed by atoms with E-state index in [-0.39, 0.29) is 18.8 Å². The lowest BCUT2D eigenvalue weighted by Crippen LogP contribution is -2.12. The summed E-state index contributed by atoms with van der Waals surface area (Å²) in [4.78, 5) is 17.2. The molecule has 0 saturated carbocycles. The summed E-state index contributed by atoms with van der Waals surface area (Å²) in [5.41, 5.74) is -0.0573. The van der Waals surface area contributed by atoms with Crippen LogP contribution in [0.25, 0.3) is 0 Å². The highest BCUT2D eigenvalue weighted by atomic mass is 19.4. The summed E-state index contributed by atoms with van der Waals surface area (Å²) in [7, 11) is 0. The van der Waals surface area contributed by atoms with Crippen molar-refractivity contribution >= 4 is 12.0 Å². The molecule has 0 aliphatic rings. The molecule has 4 nitrogen and oxygen atoms in total. The molecule has 3 rings (SSSR count). The van der Waals surface area contributed by atoms with Crippen molar-refractivity contribution in [1.29, 1.82) is 0 Å². The molecule has 0 aliphatic heterocycles. The molecule has 3 aromatic carbocycles. The van der Waals surface area contributed by atoms with Crippen LogP contribution < -0.4 is 4.74 Å². The van der Waals surface area contributed by atoms with Crippen LogP contribution in [0.3, 0.4) is 0 Å². The number of carbonyl (C=O) groups is 1. The molecule has 0 aliphatic carbocycles. The lowest BCUT2D eigenvalue weighted by molar-refractivity contribution is -0.138. The highest BCUT2D eigenvalue weighted by Gasteiger charge is 2.30. The zero-order valence-corrected chi connectivity index (χ0v) is 18.1. The van der Waals surface area contributed by atoms with Gasteiger partial charge in [0.25, 0.3) is 0 Å². The molecule has 0 spiro atoms. The van der Waals surface area contributed by atoms with Gasteiger partial charge in [0.2, 0.25) is 0 Å². The summed E-state index contributed by atoms with van der Waals surface area (Å²) < 4.78 is 80.8. The van der Waals surface area contributed by atoms with E-state index >= 15 is 0 Å². The van der Waals surface area contributed by atoms with Crippen LogP contribution >= 0.6 is 0 Å². The van der Waals surface area contributed by atoms with E-state index < -0.39 is 29.3 Å². The lowest BCUT2D eigenvalue weighted by Gasteiger charge is -2.08. The van der Waals surface area contributed by atoms with Gasteiger partial charge in [0, 0.05) is 18.2 Å². The first-order valence-corrected chi connectivity index (χ1v) is 10.2. The summed E-state index contributed by atoms with van der Waals surface area (Å²) in [6.45, 7) is -0.307. The molecule has 0 saturated heterocycles. The number of oxime groups is 1. The number of hydrogen-bond acceptors (Lipinski definition) is 4. The van der Waals surface area contributed by atoms with Crippen LogP contribution in [0, 0.1) is 0 Å². The minimum absolute atomic E-state index is 0.0222. The highest BCUT2D eigenvalue weighted by molar-refractivity contribution is 5.97. The minimum Gasteiger partial charge on any atom is -0.485 e. The van der Waals surface area contributed by atoms with Crippen LogP contribution in [0.1, 0.15) is 32.6 Å². The fourth-order valence-corrected chi connectivity index (χ4v) is 2.90. The average molecular weight is 495 g/mol. The Bertz CT molecular complexity index is 1140. The van der Waals surface area contributed by atoms with E-state index in [2.05, 4.69) is 5.16 Å². The number of Topliss-reactive ketones (excluding diaryl/α,β-unsaturated/α-hetero) is 1. The van der Waals surface area contributed by atoms with E-state index in [0.29, 0.717) is 17.7 Å². The van der Waals surface area contributed by atoms with Crippen LogP contribution in [0.4, 0.5) is 26.3 Å². The maximum atomic E-state index is 12.6. The van der Waals surface area contributed by atoms with E-state index in [1.165, 1.54) is 18.3 Å². The molecule has 10 heteroatoms. The first kappa shape index (κ1) is 25.8. The molecule has 0 aromatic heterocycles. The normalized spacial score (nSPS) is 12.1. The summed E-state index contributed by atoms with van der Waals surface area (Å²) in [5, 5.41) is 3.78. The van der Waals surface area contributed by atoms with Crippen molar-refractivity contribution in [2.45, 2.75) is 25.4 Å². The molecule has 0 unspecified atom stereocenters. The van der Waals surface area contributed by atoms with Crippen molar-refractivity contribution in [3.8, 4) is 5.75 Å². The number of ketones is 1. The zero-order chi connectivity index (χ0) is 25.5. The second kappa shape index (κ2) is 11.1. The summed E-state index contributed by atoms with van der Waals surface area (Å²) in [6, 6.07) is 15.2. The fourth-order valence-electron chi connectivity index (χ4n) is 2.90. The number of carbonyl (C=O) groups excluding carboxylic acids is 1. The van der Waals surface area contributed by atoms with Gasteiger partial charge in [-0.2, -0.15) is 26.3 Å². The predicted molar refractivity (Wildman–Crippen MR) is 116 cm³/mol. The molecule has 0 radical (unpaired) electrons. The molecular formula is C25H19F6NO3. The summed E-state index contributed by atoms with van der Waals surface area (Å²) >= 11 is 0. The van der Waals surface area contributed by atoms with Crippen LogP contribution in [0.15, 0.2) is 78.0 Å². The molecule has 184 valence electrons. The van der Waals surface area contributed by atoms with Crippen LogP contribution in [0.5, 0.6) is 5.75 Å². The Balaban J connectivity index is 1.41. The quantitative estimate of drug-likeness (QED) is 0.143. The highest BCUT2D eigenvalue weighted by Crippen LogP contribution is 2.30. The van der Waals surface area contributed by atoms with Crippen molar-refractivity contribution in [3.63, 3.8) is 0 Å². The maximum Gasteiger partial charge on any atom is 0.416 e. The number of rotatable bonds is 9. The topological polar surface area (TPSA) is 47.9 Å². The smallest absolute Gasteiger partial charge is 0.416 e. The van der Waals surface area contributed by atoms with Gasteiger partial charge in [0.1, 0.15) is 12.4 Å². The fraction of sp³-hybridized carbons (Fsp3) is 0.200. The van der Waals surface area contributed by atoms with Gasteiger partial charge in [0.05, 0.1) is 11.1 Å². The number of hydrogen-bond donors (Lipinski definition) is 0. The Morgan fingerprint density at radius 3 is 1.80 bits per heavy atom. The van der Waals surface area contributed by atoms with Gasteiger partial charge in [-0.15, -0.1) is 0 Å². The third-order valence-corrected chi connectivity index (χ3v) is 4.82. The zero-order valence-electron chi connectivity index (χ0n) is 18.1. The third kappa shape index (κ3) is 7.87. The third-order valence-electron chi connectivity index (χ3n) is 4.82. The first-order chi connectivity index (χ1) is 16.5. The number of nitrogens with zero attached hydrogens (tertiary/aromatic N) is 1. The van der Waals surface area contributed by atoms with E-state index in [0.717, 1.165) is 42.0 Å². The summed E-state index contributed by atoms with van der Waals surface area (Å²) in [6.07, 6.45) is -6.95. The van der Waals surface area contributed by atoms with Gasteiger partial charge in [-0.25, -0.2) is 0 Å². The van der Waals surface area contributed by atoms with Crippen molar-refractivity contribution in [1.82, 2.24) is 0 Å². The average Bonchev–Trinajstić information content (AvgIpc) is 2.82. The standard InChI is InChI=1S/C25H19F6NO3/c26-24(27,28)20-7-1-18(2-8-20)15-35-32-14-13-17-3-11-22(12-4-17)34-16-23(33)19-5-9-21(10-6-19)25(29,30)31/h1-12,14H,13,15-16H2. The molecule has 0 amide bonds. The second-order valence-corrected chi connectivity index (χ2v) is 7.39. The van der Waals surface area contributed by atoms with Crippen molar-refractivity contribution in [2.75, 3.05) is 6.61 Å². The number of ether oxygens (including phenoxy) is 1. The van der Waals surface area contributed by atoms with Crippen LogP contribution in [-0.2, 0) is 30.2 Å². The Morgan fingerprint density at radius 1 is 0.743 bits per heavy atom. The van der Waals surface area contributed by atoms with Crippen LogP contribution in [-0.4, -0.2) is 18.6 Å². The van der Waals surface area contributed by atoms with Gasteiger partial charge in [0.15, 0.2) is 12.4 Å². The largest absolute Gasteiger partial charge is 0.485 e. The monoisotopic (exact) mass is 495 g/mol. The van der Waals surface area contributed by atoms with Crippen molar-refractivity contribution < 1.29 is 40.7 Å². The Labute approximate surface area is 196 Å². The number of alkyl halides is 6. The number of halogens is 6. The van der Waals surface area contributed by atoms with Crippen molar-refractivity contribution in [3.05, 3.63) is 101 Å². The molecule has 35 heavy (non-hydrogen) atoms. The van der Waals surface area contributed by atoms with Crippen molar-refractivity contribution in [2.24, 2.45) is 5.16 Å². The van der Waals surface area contributed by atoms with Crippen LogP contribution in [0.2, 0.25) is 0 Å². The molecule has 0 N–H and O–H groups in total. The molecule has 0 heterocycles. The Kier molecular flexibility index (Phi) is 8.16. The first-order valence-electron chi connectivity index (χ1n) is 10.2. The van der Waals surface area contributed by atoms with Gasteiger partial charge in [-0.3, -0.25) is 4.79 Å². The van der Waals surface area contributed by atoms with Gasteiger partial charge < -0.3 is 9.57 Å². The number of benzene rings is 3. The second-order valence-electron chi connectivity index (χ2n) is 7.39. The SMILES string of the molecule is O=C(COc1ccc(CC=NOCc2ccc(C(F)(F)F)cc2)cc1)c1ccc(C(F)(F)F)cc1. The molecule has 3 aromatic rings. The molecule has 0 fully saturated rings. The van der Waals surface area contributed by atoms with E-state index in [1.807, 2.05) is 0 Å². The molecule has 0 bridgehead atoms. The summed E-state index contributed by atoms with van der Waals surface area (Å²) in [5.74, 6) is -0.0513. The predicted octanol–water partition coefficient (Wildman–Crippen LogP) is 6.73. The van der Waals surface area contributed by atoms with Gasteiger partial charge in [-0.1, -0.05) is 41.6 Å². The Hall–Kier alpha value is -3.82. The van der Waals surface area contributed by atoms with Gasteiger partial charge in [-0.05, 0) is 47.5 Å². The minimum atomic E-state index is -4.47. The lowest BCUT2D eigenvalue weighted by atomic mass is 10.1. The Morgan fingerprint density at radius 2 is 1.26 bits per heavy atom. The van der Waals surface area contributed by atoms with E-state index in [4.69, 9.17) is 9.57 Å². The maximum absolute atomic E-state index is 12.6. The van der Waals surface area contributed by atoms with Gasteiger partial charge >= 0.3 is 12.4 Å². The molecular weight excluding hydrogens is 476 g/mol. The van der Waals surface area contributed by atoms with E-state index in [1.54, 1.807) is 24.3 Å². The van der Waals surface area contributed by atoms with E-state index in [9.17, 15) is 31.1 Å². The molecule has 0 atom stereocenters.